The van der Waals surface area contributed by atoms with Gasteiger partial charge in [-0.05, 0) is 32.4 Å². The van der Waals surface area contributed by atoms with E-state index in [2.05, 4.69) is 57.1 Å². The fourth-order valence-corrected chi connectivity index (χ4v) is 3.60. The molecule has 6 heteroatoms. The Balaban J connectivity index is 1.86. The van der Waals surface area contributed by atoms with Crippen molar-refractivity contribution in [1.29, 1.82) is 0 Å². The Morgan fingerprint density at radius 2 is 2.08 bits per heavy atom. The molecular weight excluding hydrogens is 302 g/mol. The third-order valence-electron chi connectivity index (χ3n) is 4.76. The first-order valence-corrected chi connectivity index (χ1v) is 8.23. The van der Waals surface area contributed by atoms with Crippen LogP contribution < -0.4 is 4.90 Å². The largest absolute Gasteiger partial charge is 0.377 e. The standard InChI is InChI=1S/C18H21N5O/c1-11-5-4-6-14-17(11)19-10-20-18(14)23-7-8-24-9-15(23)16-12(2)21-22-13(16)3/h4-6,10,15H,7-9H2,1-3H3,(H,21,22). The van der Waals surface area contributed by atoms with Crippen molar-refractivity contribution in [3.63, 3.8) is 0 Å². The molecule has 3 aromatic rings. The average Bonchev–Trinajstić information content (AvgIpc) is 2.93. The first-order valence-electron chi connectivity index (χ1n) is 8.23. The van der Waals surface area contributed by atoms with Gasteiger partial charge in [-0.15, -0.1) is 0 Å². The number of H-pyrrole nitrogens is 1. The molecule has 4 rings (SSSR count). The minimum atomic E-state index is 0.108. The lowest BCUT2D eigenvalue weighted by atomic mass is 10.0. The summed E-state index contributed by atoms with van der Waals surface area (Å²) in [7, 11) is 0. The number of para-hydroxylation sites is 1. The van der Waals surface area contributed by atoms with Crippen molar-refractivity contribution in [2.24, 2.45) is 0 Å². The van der Waals surface area contributed by atoms with Crippen molar-refractivity contribution < 1.29 is 4.74 Å². The maximum Gasteiger partial charge on any atom is 0.140 e. The van der Waals surface area contributed by atoms with Gasteiger partial charge in [0.1, 0.15) is 12.1 Å². The van der Waals surface area contributed by atoms with Crippen LogP contribution in [0.2, 0.25) is 0 Å². The number of ether oxygens (including phenoxy) is 1. The van der Waals surface area contributed by atoms with Crippen LogP contribution in [-0.2, 0) is 4.74 Å². The zero-order valence-corrected chi connectivity index (χ0v) is 14.2. The second kappa shape index (κ2) is 5.87. The molecule has 124 valence electrons. The molecule has 0 saturated carbocycles. The number of nitrogens with one attached hydrogen (secondary N) is 1. The SMILES string of the molecule is Cc1n[nH]c(C)c1C1COCCN1c1ncnc2c(C)cccc12. The molecule has 1 fully saturated rings. The highest BCUT2D eigenvalue weighted by atomic mass is 16.5. The molecule has 2 aromatic heterocycles. The number of rotatable bonds is 2. The highest BCUT2D eigenvalue weighted by molar-refractivity contribution is 5.91. The molecule has 1 N–H and O–H groups in total. The van der Waals surface area contributed by atoms with Crippen LogP contribution in [0.25, 0.3) is 10.9 Å². The summed E-state index contributed by atoms with van der Waals surface area (Å²) in [5.74, 6) is 0.969. The van der Waals surface area contributed by atoms with E-state index in [4.69, 9.17) is 4.74 Å². The van der Waals surface area contributed by atoms with E-state index in [1.54, 1.807) is 6.33 Å². The Hall–Kier alpha value is -2.47. The van der Waals surface area contributed by atoms with Crippen molar-refractivity contribution in [2.75, 3.05) is 24.7 Å². The molecule has 1 aliphatic rings. The topological polar surface area (TPSA) is 66.9 Å². The minimum Gasteiger partial charge on any atom is -0.377 e. The second-order valence-electron chi connectivity index (χ2n) is 6.30. The normalized spacial score (nSPS) is 18.3. The van der Waals surface area contributed by atoms with E-state index in [0.717, 1.165) is 40.2 Å². The quantitative estimate of drug-likeness (QED) is 0.785. The van der Waals surface area contributed by atoms with Gasteiger partial charge in [0.25, 0.3) is 0 Å². The predicted octanol–water partition coefficient (Wildman–Crippen LogP) is 2.86. The summed E-state index contributed by atoms with van der Waals surface area (Å²) in [5, 5.41) is 8.53. The lowest BCUT2D eigenvalue weighted by Crippen LogP contribution is -2.40. The first kappa shape index (κ1) is 15.1. The summed E-state index contributed by atoms with van der Waals surface area (Å²) in [6.45, 7) is 8.32. The molecule has 3 heterocycles. The number of nitrogens with zero attached hydrogens (tertiary/aromatic N) is 4. The molecule has 1 unspecified atom stereocenters. The molecule has 6 nitrogen and oxygen atoms in total. The summed E-state index contributed by atoms with van der Waals surface area (Å²) in [5.41, 5.74) is 5.48. The van der Waals surface area contributed by atoms with E-state index in [1.165, 1.54) is 5.56 Å². The Labute approximate surface area is 140 Å². The molecule has 1 atom stereocenters. The van der Waals surface area contributed by atoms with Crippen LogP contribution in [0, 0.1) is 20.8 Å². The van der Waals surface area contributed by atoms with Crippen LogP contribution >= 0.6 is 0 Å². The van der Waals surface area contributed by atoms with E-state index < -0.39 is 0 Å². The Morgan fingerprint density at radius 3 is 2.88 bits per heavy atom. The highest BCUT2D eigenvalue weighted by Crippen LogP contribution is 2.35. The number of anilines is 1. The Kier molecular flexibility index (Phi) is 3.69. The van der Waals surface area contributed by atoms with Gasteiger partial charge in [0.15, 0.2) is 0 Å². The van der Waals surface area contributed by atoms with Crippen LogP contribution in [0.15, 0.2) is 24.5 Å². The van der Waals surface area contributed by atoms with Crippen molar-refractivity contribution in [3.05, 3.63) is 47.0 Å². The maximum absolute atomic E-state index is 5.78. The van der Waals surface area contributed by atoms with E-state index in [-0.39, 0.29) is 6.04 Å². The molecule has 1 aliphatic heterocycles. The van der Waals surface area contributed by atoms with Gasteiger partial charge in [-0.2, -0.15) is 5.10 Å². The number of aryl methyl sites for hydroxylation is 3. The third-order valence-corrected chi connectivity index (χ3v) is 4.76. The predicted molar refractivity (Wildman–Crippen MR) is 93.2 cm³/mol. The van der Waals surface area contributed by atoms with Gasteiger partial charge >= 0.3 is 0 Å². The van der Waals surface area contributed by atoms with Gasteiger partial charge < -0.3 is 9.64 Å². The van der Waals surface area contributed by atoms with Crippen LogP contribution in [0.3, 0.4) is 0 Å². The molecule has 1 aromatic carbocycles. The first-order chi connectivity index (χ1) is 11.7. The van der Waals surface area contributed by atoms with Crippen LogP contribution in [-0.4, -0.2) is 39.9 Å². The van der Waals surface area contributed by atoms with Gasteiger partial charge in [0, 0.05) is 23.2 Å². The van der Waals surface area contributed by atoms with Gasteiger partial charge in [0.2, 0.25) is 0 Å². The van der Waals surface area contributed by atoms with Gasteiger partial charge in [-0.3, -0.25) is 5.10 Å². The van der Waals surface area contributed by atoms with Crippen molar-refractivity contribution in [1.82, 2.24) is 20.2 Å². The van der Waals surface area contributed by atoms with Crippen molar-refractivity contribution in [3.8, 4) is 0 Å². The fraction of sp³-hybridized carbons (Fsp3) is 0.389. The molecular formula is C18H21N5O. The summed E-state index contributed by atoms with van der Waals surface area (Å²) >= 11 is 0. The number of aromatic nitrogens is 4. The number of aromatic amines is 1. The monoisotopic (exact) mass is 323 g/mol. The summed E-state index contributed by atoms with van der Waals surface area (Å²) in [4.78, 5) is 11.4. The summed E-state index contributed by atoms with van der Waals surface area (Å²) in [6, 6.07) is 6.35. The molecule has 24 heavy (non-hydrogen) atoms. The van der Waals surface area contributed by atoms with Crippen LogP contribution in [0.1, 0.15) is 28.6 Å². The second-order valence-corrected chi connectivity index (χ2v) is 6.30. The third kappa shape index (κ3) is 2.34. The lowest BCUT2D eigenvalue weighted by Gasteiger charge is -2.37. The average molecular weight is 323 g/mol. The number of hydrogen-bond donors (Lipinski definition) is 1. The smallest absolute Gasteiger partial charge is 0.140 e. The Bertz CT molecular complexity index is 869. The number of morpholine rings is 1. The van der Waals surface area contributed by atoms with E-state index in [0.29, 0.717) is 13.2 Å². The minimum absolute atomic E-state index is 0.108. The molecule has 0 radical (unpaired) electrons. The maximum atomic E-state index is 5.78. The molecule has 0 amide bonds. The van der Waals surface area contributed by atoms with Crippen molar-refractivity contribution in [2.45, 2.75) is 26.8 Å². The number of hydrogen-bond acceptors (Lipinski definition) is 5. The fourth-order valence-electron chi connectivity index (χ4n) is 3.60. The number of fused-ring (bicyclic) bond motifs is 1. The van der Waals surface area contributed by atoms with Crippen LogP contribution in [0.5, 0.6) is 0 Å². The lowest BCUT2D eigenvalue weighted by molar-refractivity contribution is 0.0935. The van der Waals surface area contributed by atoms with E-state index in [1.807, 2.05) is 6.92 Å². The summed E-state index contributed by atoms with van der Waals surface area (Å²) < 4.78 is 5.78. The van der Waals surface area contributed by atoms with Gasteiger partial charge in [-0.1, -0.05) is 12.1 Å². The zero-order valence-electron chi connectivity index (χ0n) is 14.2. The van der Waals surface area contributed by atoms with Gasteiger partial charge in [-0.25, -0.2) is 9.97 Å². The van der Waals surface area contributed by atoms with Gasteiger partial charge in [0.05, 0.1) is 30.5 Å². The zero-order chi connectivity index (χ0) is 16.7. The number of benzene rings is 1. The van der Waals surface area contributed by atoms with E-state index >= 15 is 0 Å². The molecule has 0 aliphatic carbocycles. The highest BCUT2D eigenvalue weighted by Gasteiger charge is 2.30. The summed E-state index contributed by atoms with van der Waals surface area (Å²) in [6.07, 6.45) is 1.66. The van der Waals surface area contributed by atoms with Crippen LogP contribution in [0.4, 0.5) is 5.82 Å². The Morgan fingerprint density at radius 1 is 1.21 bits per heavy atom. The molecule has 1 saturated heterocycles. The molecule has 0 spiro atoms. The van der Waals surface area contributed by atoms with E-state index in [9.17, 15) is 0 Å². The van der Waals surface area contributed by atoms with Crippen molar-refractivity contribution >= 4 is 16.7 Å². The molecule has 0 bridgehead atoms.